The Morgan fingerprint density at radius 1 is 1.13 bits per heavy atom. The van der Waals surface area contributed by atoms with Crippen molar-refractivity contribution >= 4 is 67.9 Å². The first-order valence-corrected chi connectivity index (χ1v) is 11.4. The van der Waals surface area contributed by atoms with Crippen LogP contribution in [0, 0.1) is 0 Å². The van der Waals surface area contributed by atoms with Gasteiger partial charge in [-0.25, -0.2) is 0 Å². The summed E-state index contributed by atoms with van der Waals surface area (Å²) in [6.07, 6.45) is 2.00. The summed E-state index contributed by atoms with van der Waals surface area (Å²) in [5, 5.41) is 9.79. The van der Waals surface area contributed by atoms with Crippen molar-refractivity contribution in [2.75, 3.05) is 18.5 Å². The van der Waals surface area contributed by atoms with E-state index < -0.39 is 5.91 Å². The predicted octanol–water partition coefficient (Wildman–Crippen LogP) is 4.59. The van der Waals surface area contributed by atoms with Crippen LogP contribution >= 0.6 is 35.2 Å². The van der Waals surface area contributed by atoms with Gasteiger partial charge in [0.05, 0.1) is 22.4 Å². The molecule has 4 rings (SSSR count). The van der Waals surface area contributed by atoms with Gasteiger partial charge in [0.1, 0.15) is 4.88 Å². The fourth-order valence-corrected chi connectivity index (χ4v) is 4.99. The zero-order chi connectivity index (χ0) is 21.8. The molecule has 1 atom stereocenters. The van der Waals surface area contributed by atoms with Crippen LogP contribution in [0.5, 0.6) is 0 Å². The van der Waals surface area contributed by atoms with Gasteiger partial charge in [0, 0.05) is 23.2 Å². The maximum atomic E-state index is 12.7. The van der Waals surface area contributed by atoms with Crippen LogP contribution in [0.3, 0.4) is 0 Å². The molecule has 2 amide bonds. The molecule has 0 aliphatic carbocycles. The van der Waals surface area contributed by atoms with E-state index in [0.29, 0.717) is 27.7 Å². The highest BCUT2D eigenvalue weighted by atomic mass is 35.5. The highest BCUT2D eigenvalue weighted by Gasteiger charge is 2.20. The largest absolute Gasteiger partial charge is 0.376 e. The number of hydrogen-bond acceptors (Lipinski definition) is 5. The fourth-order valence-electron chi connectivity index (χ4n) is 3.37. The lowest BCUT2D eigenvalue weighted by Gasteiger charge is -2.15. The van der Waals surface area contributed by atoms with Gasteiger partial charge in [-0.05, 0) is 43.3 Å². The minimum absolute atomic E-state index is 0.0514. The summed E-state index contributed by atoms with van der Waals surface area (Å²) >= 11 is 13.0. The molecule has 6 nitrogen and oxygen atoms in total. The third-order valence-corrected chi connectivity index (χ3v) is 6.78. The number of benzene rings is 2. The number of amides is 2. The van der Waals surface area contributed by atoms with Gasteiger partial charge in [-0.15, -0.1) is 11.3 Å². The lowest BCUT2D eigenvalue weighted by atomic mass is 10.1. The zero-order valence-electron chi connectivity index (χ0n) is 16.4. The summed E-state index contributed by atoms with van der Waals surface area (Å²) < 4.78 is 6.46. The van der Waals surface area contributed by atoms with E-state index >= 15 is 0 Å². The first kappa shape index (κ1) is 21.7. The average Bonchev–Trinajstić information content (AvgIpc) is 3.40. The molecule has 1 unspecified atom stereocenters. The van der Waals surface area contributed by atoms with Gasteiger partial charge in [-0.2, -0.15) is 0 Å². The highest BCUT2D eigenvalue weighted by molar-refractivity contribution is 7.80. The molecule has 9 heteroatoms. The summed E-state index contributed by atoms with van der Waals surface area (Å²) in [7, 11) is 0. The van der Waals surface area contributed by atoms with Gasteiger partial charge in [0.2, 0.25) is 0 Å². The first-order chi connectivity index (χ1) is 15.0. The van der Waals surface area contributed by atoms with Crippen LogP contribution in [0.15, 0.2) is 48.5 Å². The highest BCUT2D eigenvalue weighted by Crippen LogP contribution is 2.35. The van der Waals surface area contributed by atoms with Crippen LogP contribution in [0.4, 0.5) is 5.69 Å². The fraction of sp³-hybridized carbons (Fsp3) is 0.227. The van der Waals surface area contributed by atoms with E-state index in [1.807, 2.05) is 24.3 Å². The van der Waals surface area contributed by atoms with Crippen molar-refractivity contribution < 1.29 is 14.3 Å². The smallest absolute Gasteiger partial charge is 0.269 e. The van der Waals surface area contributed by atoms with Crippen molar-refractivity contribution in [2.24, 2.45) is 0 Å². The Morgan fingerprint density at radius 2 is 1.90 bits per heavy atom. The molecule has 160 valence electrons. The van der Waals surface area contributed by atoms with E-state index in [1.54, 1.807) is 24.3 Å². The van der Waals surface area contributed by atoms with Crippen LogP contribution in [0.1, 0.15) is 32.9 Å². The number of fused-ring (bicyclic) bond motifs is 1. The Kier molecular flexibility index (Phi) is 6.82. The molecule has 31 heavy (non-hydrogen) atoms. The molecule has 0 saturated carbocycles. The minimum Gasteiger partial charge on any atom is -0.376 e. The molecule has 2 aromatic carbocycles. The number of thiophene rings is 1. The lowest BCUT2D eigenvalue weighted by Crippen LogP contribution is -2.35. The Balaban J connectivity index is 1.41. The molecule has 0 spiro atoms. The number of carbonyl (C=O) groups excluding carboxylic acids is 2. The van der Waals surface area contributed by atoms with Crippen LogP contribution < -0.4 is 16.0 Å². The van der Waals surface area contributed by atoms with Crippen molar-refractivity contribution in [3.05, 3.63) is 64.0 Å². The molecule has 1 aliphatic rings. The van der Waals surface area contributed by atoms with Crippen molar-refractivity contribution in [3.63, 3.8) is 0 Å². The number of thiocarbonyl (C=S) groups is 1. The number of carbonyl (C=O) groups is 2. The van der Waals surface area contributed by atoms with Gasteiger partial charge in [-0.3, -0.25) is 14.9 Å². The van der Waals surface area contributed by atoms with Crippen molar-refractivity contribution in [2.45, 2.75) is 18.9 Å². The van der Waals surface area contributed by atoms with Crippen molar-refractivity contribution in [3.8, 4) is 0 Å². The molecule has 0 radical (unpaired) electrons. The third-order valence-electron chi connectivity index (χ3n) is 4.90. The monoisotopic (exact) mass is 473 g/mol. The van der Waals surface area contributed by atoms with Crippen LogP contribution in [-0.2, 0) is 4.74 Å². The van der Waals surface area contributed by atoms with Crippen LogP contribution in [0.2, 0.25) is 5.02 Å². The van der Waals surface area contributed by atoms with Crippen LogP contribution in [0.25, 0.3) is 10.1 Å². The molecule has 1 aromatic heterocycles. The minimum atomic E-state index is -0.399. The number of para-hydroxylation sites is 1. The Bertz CT molecular complexity index is 1140. The van der Waals surface area contributed by atoms with E-state index in [0.717, 1.165) is 29.5 Å². The van der Waals surface area contributed by atoms with Gasteiger partial charge in [-0.1, -0.05) is 41.9 Å². The second-order valence-corrected chi connectivity index (χ2v) is 8.88. The molecule has 3 aromatic rings. The molecule has 1 fully saturated rings. The molecule has 1 saturated heterocycles. The normalized spacial score (nSPS) is 15.6. The van der Waals surface area contributed by atoms with Crippen molar-refractivity contribution in [1.29, 1.82) is 0 Å². The number of anilines is 1. The van der Waals surface area contributed by atoms with Crippen LogP contribution in [-0.4, -0.2) is 36.2 Å². The number of halogens is 1. The summed E-state index contributed by atoms with van der Waals surface area (Å²) in [6.45, 7) is 1.19. The number of rotatable bonds is 5. The lowest BCUT2D eigenvalue weighted by molar-refractivity contribution is 0.0858. The first-order valence-electron chi connectivity index (χ1n) is 9.81. The van der Waals surface area contributed by atoms with Gasteiger partial charge in [0.15, 0.2) is 5.11 Å². The van der Waals surface area contributed by atoms with E-state index in [4.69, 9.17) is 28.6 Å². The number of hydrogen-bond donors (Lipinski definition) is 3. The zero-order valence-corrected chi connectivity index (χ0v) is 18.8. The molecule has 3 N–H and O–H groups in total. The van der Waals surface area contributed by atoms with E-state index in [-0.39, 0.29) is 17.1 Å². The van der Waals surface area contributed by atoms with E-state index in [1.165, 1.54) is 11.3 Å². The summed E-state index contributed by atoms with van der Waals surface area (Å²) in [6, 6.07) is 14.5. The van der Waals surface area contributed by atoms with E-state index in [9.17, 15) is 9.59 Å². The maximum Gasteiger partial charge on any atom is 0.269 e. The van der Waals surface area contributed by atoms with Gasteiger partial charge < -0.3 is 15.4 Å². The third kappa shape index (κ3) is 5.04. The second-order valence-electron chi connectivity index (χ2n) is 7.04. The maximum absolute atomic E-state index is 12.7. The molecular weight excluding hydrogens is 454 g/mol. The van der Waals surface area contributed by atoms with Crippen molar-refractivity contribution in [1.82, 2.24) is 10.6 Å². The summed E-state index contributed by atoms with van der Waals surface area (Å²) in [4.78, 5) is 25.7. The quantitative estimate of drug-likeness (QED) is 0.472. The van der Waals surface area contributed by atoms with E-state index in [2.05, 4.69) is 16.0 Å². The molecule has 0 bridgehead atoms. The van der Waals surface area contributed by atoms with Gasteiger partial charge in [0.25, 0.3) is 11.8 Å². The molecular formula is C22H20ClN3O3S2. The molecule has 2 heterocycles. The summed E-state index contributed by atoms with van der Waals surface area (Å²) in [5.41, 5.74) is 0.928. The standard InChI is InChI=1S/C22H20ClN3O3S2/c23-18-15-8-2-4-10-17(15)31-19(18)21(28)26-22(30)25-16-9-3-1-7-14(16)20(27)24-12-13-6-5-11-29-13/h1-4,7-10,13H,5-6,11-12H2,(H,24,27)(H2,25,26,28,30). The Hall–Kier alpha value is -2.52. The van der Waals surface area contributed by atoms with Gasteiger partial charge >= 0.3 is 0 Å². The summed E-state index contributed by atoms with van der Waals surface area (Å²) in [5.74, 6) is -0.635. The number of nitrogens with one attached hydrogen (secondary N) is 3. The topological polar surface area (TPSA) is 79.5 Å². The predicted molar refractivity (Wildman–Crippen MR) is 128 cm³/mol. The Morgan fingerprint density at radius 3 is 2.68 bits per heavy atom. The number of ether oxygens (including phenoxy) is 1. The SMILES string of the molecule is O=C(NCC1CCCO1)c1ccccc1NC(=S)NC(=O)c1sc2ccccc2c1Cl. The molecule has 1 aliphatic heterocycles. The average molecular weight is 474 g/mol. The Labute approximate surface area is 193 Å². The second kappa shape index (κ2) is 9.74.